The van der Waals surface area contributed by atoms with Gasteiger partial charge in [0.2, 0.25) is 0 Å². The van der Waals surface area contributed by atoms with Crippen LogP contribution in [0.4, 0.5) is 4.39 Å². The summed E-state index contributed by atoms with van der Waals surface area (Å²) in [7, 11) is 0. The molecule has 0 spiro atoms. The highest BCUT2D eigenvalue weighted by Crippen LogP contribution is 2.17. The molecule has 1 nitrogen and oxygen atoms in total. The van der Waals surface area contributed by atoms with Gasteiger partial charge in [-0.25, -0.2) is 4.39 Å². The van der Waals surface area contributed by atoms with Crippen LogP contribution in [0.3, 0.4) is 0 Å². The summed E-state index contributed by atoms with van der Waals surface area (Å²) < 4.78 is 12.2. The Labute approximate surface area is 53.1 Å². The molecule has 0 aromatic heterocycles. The van der Waals surface area contributed by atoms with E-state index in [1.165, 1.54) is 12.2 Å². The molecule has 0 bridgehead atoms. The van der Waals surface area contributed by atoms with Gasteiger partial charge in [0, 0.05) is 12.0 Å². The third-order valence-corrected chi connectivity index (χ3v) is 1.24. The smallest absolute Gasteiger partial charge is 0.100 e. The van der Waals surface area contributed by atoms with E-state index in [0.29, 0.717) is 18.4 Å². The third-order valence-electron chi connectivity index (χ3n) is 1.24. The van der Waals surface area contributed by atoms with E-state index in [4.69, 9.17) is 5.26 Å². The SMILES string of the molecule is N#CC1=CC=C(F)CC1. The predicted molar refractivity (Wildman–Crippen MR) is 32.1 cm³/mol. The van der Waals surface area contributed by atoms with Crippen LogP contribution in [-0.4, -0.2) is 0 Å². The molecule has 9 heavy (non-hydrogen) atoms. The quantitative estimate of drug-likeness (QED) is 0.483. The van der Waals surface area contributed by atoms with Crippen molar-refractivity contribution in [3.8, 4) is 6.07 Å². The zero-order valence-electron chi connectivity index (χ0n) is 4.89. The highest BCUT2D eigenvalue weighted by molar-refractivity contribution is 5.30. The lowest BCUT2D eigenvalue weighted by Gasteiger charge is -2.00. The number of nitriles is 1. The van der Waals surface area contributed by atoms with Crippen LogP contribution in [-0.2, 0) is 0 Å². The molecule has 0 aliphatic heterocycles. The van der Waals surface area contributed by atoms with Gasteiger partial charge in [-0.3, -0.25) is 0 Å². The van der Waals surface area contributed by atoms with Crippen LogP contribution in [0.5, 0.6) is 0 Å². The summed E-state index contributed by atoms with van der Waals surface area (Å²) in [5.74, 6) is -0.131. The van der Waals surface area contributed by atoms with E-state index in [-0.39, 0.29) is 5.83 Å². The van der Waals surface area contributed by atoms with Crippen molar-refractivity contribution in [1.29, 1.82) is 5.26 Å². The number of hydrogen-bond acceptors (Lipinski definition) is 1. The molecule has 0 N–H and O–H groups in total. The summed E-state index contributed by atoms with van der Waals surface area (Å²) in [5.41, 5.74) is 0.663. The molecule has 1 aliphatic rings. The van der Waals surface area contributed by atoms with E-state index in [2.05, 4.69) is 0 Å². The standard InChI is InChI=1S/C7H6FN/c8-7-3-1-6(5-9)2-4-7/h1,3H,2,4H2. The largest absolute Gasteiger partial charge is 0.212 e. The van der Waals surface area contributed by atoms with E-state index >= 15 is 0 Å². The molecule has 2 heteroatoms. The fourth-order valence-corrected chi connectivity index (χ4v) is 0.705. The minimum atomic E-state index is -0.131. The normalized spacial score (nSPS) is 17.8. The van der Waals surface area contributed by atoms with Crippen molar-refractivity contribution in [3.05, 3.63) is 23.6 Å². The minimum Gasteiger partial charge on any atom is -0.212 e. The zero-order chi connectivity index (χ0) is 6.69. The molecule has 0 aromatic rings. The van der Waals surface area contributed by atoms with Gasteiger partial charge in [-0.1, -0.05) is 0 Å². The van der Waals surface area contributed by atoms with Crippen molar-refractivity contribution in [2.45, 2.75) is 12.8 Å². The molecule has 46 valence electrons. The van der Waals surface area contributed by atoms with Crippen molar-refractivity contribution in [3.63, 3.8) is 0 Å². The van der Waals surface area contributed by atoms with Gasteiger partial charge in [-0.05, 0) is 18.6 Å². The molecule has 0 saturated heterocycles. The van der Waals surface area contributed by atoms with Crippen molar-refractivity contribution in [2.24, 2.45) is 0 Å². The maximum absolute atomic E-state index is 12.2. The zero-order valence-corrected chi connectivity index (χ0v) is 4.89. The maximum Gasteiger partial charge on any atom is 0.100 e. The Kier molecular flexibility index (Phi) is 1.64. The molecule has 0 aromatic carbocycles. The molecule has 0 amide bonds. The van der Waals surface area contributed by atoms with E-state index in [9.17, 15) is 4.39 Å². The summed E-state index contributed by atoms with van der Waals surface area (Å²) >= 11 is 0. The van der Waals surface area contributed by atoms with Crippen LogP contribution in [0, 0.1) is 11.3 Å². The predicted octanol–water partition coefficient (Wildman–Crippen LogP) is 2.08. The number of nitrogens with zero attached hydrogens (tertiary/aromatic N) is 1. The molecule has 0 saturated carbocycles. The Morgan fingerprint density at radius 2 is 2.22 bits per heavy atom. The Morgan fingerprint density at radius 1 is 1.44 bits per heavy atom. The van der Waals surface area contributed by atoms with Crippen LogP contribution in [0.25, 0.3) is 0 Å². The van der Waals surface area contributed by atoms with Crippen LogP contribution in [0.1, 0.15) is 12.8 Å². The fourth-order valence-electron chi connectivity index (χ4n) is 0.705. The lowest BCUT2D eigenvalue weighted by Crippen LogP contribution is -1.86. The van der Waals surface area contributed by atoms with Gasteiger partial charge in [0.25, 0.3) is 0 Å². The molecule has 0 radical (unpaired) electrons. The van der Waals surface area contributed by atoms with Gasteiger partial charge in [0.05, 0.1) is 6.07 Å². The first-order valence-corrected chi connectivity index (χ1v) is 2.78. The second kappa shape index (κ2) is 2.45. The molecule has 0 heterocycles. The number of allylic oxidation sites excluding steroid dienone is 4. The summed E-state index contributed by atoms with van der Waals surface area (Å²) in [5, 5.41) is 8.31. The molecule has 0 atom stereocenters. The molecule has 1 rings (SSSR count). The Morgan fingerprint density at radius 3 is 2.67 bits per heavy atom. The molecular weight excluding hydrogens is 117 g/mol. The second-order valence-corrected chi connectivity index (χ2v) is 1.92. The van der Waals surface area contributed by atoms with Crippen molar-refractivity contribution < 1.29 is 4.39 Å². The van der Waals surface area contributed by atoms with Gasteiger partial charge in [0.15, 0.2) is 0 Å². The number of rotatable bonds is 0. The van der Waals surface area contributed by atoms with E-state index in [1.54, 1.807) is 0 Å². The Bertz CT molecular complexity index is 207. The highest BCUT2D eigenvalue weighted by Gasteiger charge is 2.02. The lowest BCUT2D eigenvalue weighted by atomic mass is 10.1. The fraction of sp³-hybridized carbons (Fsp3) is 0.286. The minimum absolute atomic E-state index is 0.131. The average molecular weight is 123 g/mol. The Hall–Kier alpha value is -1.10. The number of hydrogen-bond donors (Lipinski definition) is 0. The molecule has 1 aliphatic carbocycles. The van der Waals surface area contributed by atoms with Crippen LogP contribution >= 0.6 is 0 Å². The van der Waals surface area contributed by atoms with E-state index < -0.39 is 0 Å². The van der Waals surface area contributed by atoms with Gasteiger partial charge in [0.1, 0.15) is 5.83 Å². The summed E-state index contributed by atoms with van der Waals surface area (Å²) in [6.07, 6.45) is 3.82. The van der Waals surface area contributed by atoms with Gasteiger partial charge in [-0.15, -0.1) is 0 Å². The summed E-state index contributed by atoms with van der Waals surface area (Å²) in [6, 6.07) is 1.97. The van der Waals surface area contributed by atoms with Crippen molar-refractivity contribution >= 4 is 0 Å². The van der Waals surface area contributed by atoms with Gasteiger partial charge >= 0.3 is 0 Å². The topological polar surface area (TPSA) is 23.8 Å². The summed E-state index contributed by atoms with van der Waals surface area (Å²) in [4.78, 5) is 0. The molecule has 0 fully saturated rings. The van der Waals surface area contributed by atoms with Crippen LogP contribution < -0.4 is 0 Å². The van der Waals surface area contributed by atoms with Gasteiger partial charge < -0.3 is 0 Å². The molecule has 0 unspecified atom stereocenters. The van der Waals surface area contributed by atoms with E-state index in [1.807, 2.05) is 6.07 Å². The Balaban J connectivity index is 2.73. The number of halogens is 1. The van der Waals surface area contributed by atoms with E-state index in [0.717, 1.165) is 0 Å². The highest BCUT2D eigenvalue weighted by atomic mass is 19.1. The lowest BCUT2D eigenvalue weighted by molar-refractivity contribution is 0.584. The monoisotopic (exact) mass is 123 g/mol. The summed E-state index contributed by atoms with van der Waals surface area (Å²) in [6.45, 7) is 0. The van der Waals surface area contributed by atoms with Crippen LogP contribution in [0.15, 0.2) is 23.6 Å². The molecular formula is C7H6FN. The first-order chi connectivity index (χ1) is 4.33. The van der Waals surface area contributed by atoms with Crippen molar-refractivity contribution in [1.82, 2.24) is 0 Å². The third kappa shape index (κ3) is 1.39. The average Bonchev–Trinajstić information content (AvgIpc) is 1.90. The first-order valence-electron chi connectivity index (χ1n) is 2.78. The maximum atomic E-state index is 12.2. The first kappa shape index (κ1) is 6.03. The second-order valence-electron chi connectivity index (χ2n) is 1.92. The van der Waals surface area contributed by atoms with Gasteiger partial charge in [-0.2, -0.15) is 5.26 Å². The van der Waals surface area contributed by atoms with Crippen LogP contribution in [0.2, 0.25) is 0 Å². The van der Waals surface area contributed by atoms with Crippen molar-refractivity contribution in [2.75, 3.05) is 0 Å².